The Bertz CT molecular complexity index is 416. The molecule has 0 amide bonds. The first-order valence-corrected chi connectivity index (χ1v) is 6.07. The minimum Gasteiger partial charge on any atom is -0.320 e. The monoisotopic (exact) mass is 216 g/mol. The number of ketones is 1. The summed E-state index contributed by atoms with van der Waals surface area (Å²) in [6, 6.07) is 10.4. The third-order valence-electron chi connectivity index (χ3n) is 4.54. The summed E-state index contributed by atoms with van der Waals surface area (Å²) in [6.45, 7) is 3.04. The number of hydrogen-bond acceptors (Lipinski definition) is 1. The zero-order valence-electron chi connectivity index (χ0n) is 9.78. The minimum atomic E-state index is -0.142. The fourth-order valence-electron chi connectivity index (χ4n) is 3.30. The van der Waals surface area contributed by atoms with E-state index in [-0.39, 0.29) is 5.41 Å². The molecule has 3 saturated heterocycles. The van der Waals surface area contributed by atoms with Crippen molar-refractivity contribution in [2.24, 2.45) is 0 Å². The molecule has 3 aliphatic heterocycles. The second-order valence-corrected chi connectivity index (χ2v) is 5.60. The summed E-state index contributed by atoms with van der Waals surface area (Å²) in [6.07, 6.45) is 2.07. The van der Waals surface area contributed by atoms with E-state index in [1.807, 2.05) is 6.07 Å². The molecule has 1 aromatic rings. The van der Waals surface area contributed by atoms with Gasteiger partial charge in [0.2, 0.25) is 0 Å². The first-order valence-electron chi connectivity index (χ1n) is 6.07. The normalized spacial score (nSPS) is 37.7. The van der Waals surface area contributed by atoms with Gasteiger partial charge in [-0.1, -0.05) is 30.3 Å². The van der Waals surface area contributed by atoms with Gasteiger partial charge in [0.15, 0.2) is 5.78 Å². The number of rotatable bonds is 1. The molecule has 16 heavy (non-hydrogen) atoms. The first kappa shape index (κ1) is 10.0. The predicted octanol–water partition coefficient (Wildman–Crippen LogP) is 1.75. The maximum Gasteiger partial charge on any atom is 0.197 e. The van der Waals surface area contributed by atoms with E-state index in [0.717, 1.165) is 37.0 Å². The second kappa shape index (κ2) is 3.17. The standard InChI is InChI=1S/C14H18NO/c1-15-9-7-14(8-10-15,13(16)11-15)12-5-3-2-4-6-12/h2-6H,7-11H2,1H3/q+1. The molecular formula is C14H18NO+. The average molecular weight is 216 g/mol. The van der Waals surface area contributed by atoms with E-state index in [2.05, 4.69) is 31.3 Å². The van der Waals surface area contributed by atoms with E-state index in [0.29, 0.717) is 5.78 Å². The Morgan fingerprint density at radius 1 is 1.12 bits per heavy atom. The molecule has 3 fully saturated rings. The Kier molecular flexibility index (Phi) is 1.99. The van der Waals surface area contributed by atoms with Crippen molar-refractivity contribution in [1.29, 1.82) is 0 Å². The summed E-state index contributed by atoms with van der Waals surface area (Å²) in [5.41, 5.74) is 1.10. The molecule has 0 N–H and O–H groups in total. The molecule has 3 heterocycles. The quantitative estimate of drug-likeness (QED) is 0.654. The second-order valence-electron chi connectivity index (χ2n) is 5.60. The topological polar surface area (TPSA) is 17.1 Å². The van der Waals surface area contributed by atoms with Crippen molar-refractivity contribution < 1.29 is 9.28 Å². The van der Waals surface area contributed by atoms with Gasteiger partial charge in [-0.05, 0) is 5.56 Å². The van der Waals surface area contributed by atoms with Gasteiger partial charge in [-0.15, -0.1) is 0 Å². The fraction of sp³-hybridized carbons (Fsp3) is 0.500. The van der Waals surface area contributed by atoms with Crippen LogP contribution in [-0.2, 0) is 10.2 Å². The smallest absolute Gasteiger partial charge is 0.197 e. The van der Waals surface area contributed by atoms with Crippen LogP contribution >= 0.6 is 0 Å². The zero-order chi connectivity index (χ0) is 11.2. The molecule has 0 aliphatic carbocycles. The van der Waals surface area contributed by atoms with Crippen LogP contribution < -0.4 is 0 Å². The zero-order valence-corrected chi connectivity index (χ0v) is 9.78. The van der Waals surface area contributed by atoms with Crippen molar-refractivity contribution >= 4 is 5.78 Å². The molecule has 0 aromatic heterocycles. The van der Waals surface area contributed by atoms with Crippen molar-refractivity contribution in [3.05, 3.63) is 35.9 Å². The van der Waals surface area contributed by atoms with Gasteiger partial charge in [0.25, 0.3) is 0 Å². The van der Waals surface area contributed by atoms with E-state index < -0.39 is 0 Å². The number of likely N-dealkylation sites (N-methyl/N-ethyl adjacent to an activating group) is 1. The van der Waals surface area contributed by atoms with Crippen LogP contribution in [0.2, 0.25) is 0 Å². The van der Waals surface area contributed by atoms with Gasteiger partial charge < -0.3 is 4.48 Å². The molecule has 4 rings (SSSR count). The van der Waals surface area contributed by atoms with Crippen LogP contribution in [0.3, 0.4) is 0 Å². The third-order valence-corrected chi connectivity index (χ3v) is 4.54. The van der Waals surface area contributed by atoms with Crippen molar-refractivity contribution in [2.75, 3.05) is 26.7 Å². The van der Waals surface area contributed by atoms with Crippen molar-refractivity contribution in [1.82, 2.24) is 0 Å². The largest absolute Gasteiger partial charge is 0.320 e. The molecule has 2 nitrogen and oxygen atoms in total. The van der Waals surface area contributed by atoms with Crippen molar-refractivity contribution in [3.8, 4) is 0 Å². The summed E-state index contributed by atoms with van der Waals surface area (Å²) >= 11 is 0. The Balaban J connectivity index is 2.03. The number of Topliss-reactive ketones (excluding diaryl/α,β-unsaturated/α-hetero) is 1. The van der Waals surface area contributed by atoms with Crippen LogP contribution in [0, 0.1) is 0 Å². The van der Waals surface area contributed by atoms with Gasteiger partial charge >= 0.3 is 0 Å². The summed E-state index contributed by atoms with van der Waals surface area (Å²) in [5, 5.41) is 0. The van der Waals surface area contributed by atoms with Gasteiger partial charge in [-0.2, -0.15) is 0 Å². The third kappa shape index (κ3) is 1.26. The van der Waals surface area contributed by atoms with Crippen molar-refractivity contribution in [2.45, 2.75) is 18.3 Å². The average Bonchev–Trinajstić information content (AvgIpc) is 2.30. The Morgan fingerprint density at radius 2 is 1.75 bits per heavy atom. The van der Waals surface area contributed by atoms with Crippen LogP contribution in [0.15, 0.2) is 30.3 Å². The molecule has 0 saturated carbocycles. The van der Waals surface area contributed by atoms with E-state index in [1.54, 1.807) is 0 Å². The predicted molar refractivity (Wildman–Crippen MR) is 63.1 cm³/mol. The van der Waals surface area contributed by atoms with E-state index in [4.69, 9.17) is 0 Å². The minimum absolute atomic E-state index is 0.142. The highest BCUT2D eigenvalue weighted by molar-refractivity contribution is 5.92. The van der Waals surface area contributed by atoms with Gasteiger partial charge in [0.05, 0.1) is 25.6 Å². The van der Waals surface area contributed by atoms with Crippen molar-refractivity contribution in [3.63, 3.8) is 0 Å². The molecule has 2 bridgehead atoms. The molecule has 0 radical (unpaired) electrons. The molecule has 0 atom stereocenters. The van der Waals surface area contributed by atoms with Gasteiger partial charge in [-0.25, -0.2) is 0 Å². The summed E-state index contributed by atoms with van der Waals surface area (Å²) in [7, 11) is 2.21. The molecule has 0 spiro atoms. The maximum absolute atomic E-state index is 12.4. The number of carbonyl (C=O) groups is 1. The first-order chi connectivity index (χ1) is 7.65. The molecule has 1 aromatic carbocycles. The van der Waals surface area contributed by atoms with Gasteiger partial charge in [0.1, 0.15) is 6.54 Å². The van der Waals surface area contributed by atoms with Crippen LogP contribution in [0.5, 0.6) is 0 Å². The van der Waals surface area contributed by atoms with Gasteiger partial charge in [-0.3, -0.25) is 4.79 Å². The molecule has 84 valence electrons. The molecule has 0 unspecified atom stereocenters. The number of piperidine rings is 3. The lowest BCUT2D eigenvalue weighted by atomic mass is 9.66. The lowest BCUT2D eigenvalue weighted by Crippen LogP contribution is -2.66. The highest BCUT2D eigenvalue weighted by Crippen LogP contribution is 2.42. The Morgan fingerprint density at radius 3 is 2.31 bits per heavy atom. The summed E-state index contributed by atoms with van der Waals surface area (Å²) in [5.74, 6) is 0.457. The fourth-order valence-corrected chi connectivity index (χ4v) is 3.30. The SMILES string of the molecule is C[N+]12CCC(c3ccccc3)(CC1)C(=O)C2. The molecule has 2 heteroatoms. The number of carbonyl (C=O) groups excluding carboxylic acids is 1. The van der Waals surface area contributed by atoms with Crippen LogP contribution in [0.25, 0.3) is 0 Å². The lowest BCUT2D eigenvalue weighted by molar-refractivity contribution is -0.913. The van der Waals surface area contributed by atoms with E-state index in [1.165, 1.54) is 5.56 Å². The number of nitrogens with zero attached hydrogens (tertiary/aromatic N) is 1. The van der Waals surface area contributed by atoms with Crippen LogP contribution in [-0.4, -0.2) is 36.9 Å². The Labute approximate surface area is 96.5 Å². The van der Waals surface area contributed by atoms with Crippen LogP contribution in [0.1, 0.15) is 18.4 Å². The number of hydrogen-bond donors (Lipinski definition) is 0. The number of quaternary nitrogens is 1. The molecular weight excluding hydrogens is 198 g/mol. The van der Waals surface area contributed by atoms with Crippen LogP contribution in [0.4, 0.5) is 0 Å². The number of benzene rings is 1. The molecule has 3 aliphatic rings. The van der Waals surface area contributed by atoms with Gasteiger partial charge in [0, 0.05) is 12.8 Å². The Hall–Kier alpha value is -1.15. The maximum atomic E-state index is 12.4. The summed E-state index contributed by atoms with van der Waals surface area (Å²) in [4.78, 5) is 12.4. The van der Waals surface area contributed by atoms with E-state index in [9.17, 15) is 4.79 Å². The van der Waals surface area contributed by atoms with E-state index >= 15 is 0 Å². The number of fused-ring (bicyclic) bond motifs is 3. The lowest BCUT2D eigenvalue weighted by Gasteiger charge is -2.51. The summed E-state index contributed by atoms with van der Waals surface area (Å²) < 4.78 is 0.966. The highest BCUT2D eigenvalue weighted by atomic mass is 16.1. The highest BCUT2D eigenvalue weighted by Gasteiger charge is 2.53.